The summed E-state index contributed by atoms with van der Waals surface area (Å²) in [7, 11) is 0. The first-order chi connectivity index (χ1) is 12.7. The third kappa shape index (κ3) is 2.48. The Bertz CT molecular complexity index is 834. The van der Waals surface area contributed by atoms with Gasteiger partial charge in [-0.3, -0.25) is 4.79 Å². The third-order valence-electron chi connectivity index (χ3n) is 5.96. The van der Waals surface area contributed by atoms with E-state index in [1.54, 1.807) is 12.5 Å². The lowest BCUT2D eigenvalue weighted by Gasteiger charge is -2.35. The van der Waals surface area contributed by atoms with E-state index in [0.717, 1.165) is 48.8 Å². The van der Waals surface area contributed by atoms with Crippen molar-refractivity contribution in [2.24, 2.45) is 11.8 Å². The first-order valence-electron chi connectivity index (χ1n) is 9.61. The lowest BCUT2D eigenvalue weighted by molar-refractivity contribution is -0.141. The minimum absolute atomic E-state index is 0.169. The smallest absolute Gasteiger partial charge is 0.226 e. The predicted molar refractivity (Wildman–Crippen MR) is 96.7 cm³/mol. The Labute approximate surface area is 153 Å². The number of rotatable bonds is 2. The summed E-state index contributed by atoms with van der Waals surface area (Å²) in [5.74, 6) is 2.88. The second-order valence-corrected chi connectivity index (χ2v) is 7.90. The molecule has 2 aliphatic heterocycles. The molecular weight excluding hydrogens is 328 g/mol. The summed E-state index contributed by atoms with van der Waals surface area (Å²) in [6.07, 6.45) is 7.80. The number of fused-ring (bicyclic) bond motifs is 3. The Balaban J connectivity index is 1.56. The van der Waals surface area contributed by atoms with Crippen LogP contribution in [0.5, 0.6) is 0 Å². The van der Waals surface area contributed by atoms with Gasteiger partial charge in [-0.25, -0.2) is 14.6 Å². The van der Waals surface area contributed by atoms with Crippen molar-refractivity contribution in [3.63, 3.8) is 0 Å². The number of carbonyl (C=O) groups excluding carboxylic acids is 1. The monoisotopic (exact) mass is 352 g/mol. The molecule has 0 atom stereocenters. The molecular formula is C19H24N6O. The summed E-state index contributed by atoms with van der Waals surface area (Å²) in [6.45, 7) is 5.40. The predicted octanol–water partition coefficient (Wildman–Crippen LogP) is 2.15. The van der Waals surface area contributed by atoms with Crippen LogP contribution < -0.4 is 4.90 Å². The molecule has 4 heterocycles. The Morgan fingerprint density at radius 1 is 1.12 bits per heavy atom. The number of hydrogen-bond acceptors (Lipinski definition) is 5. The number of hydrogen-bond donors (Lipinski definition) is 0. The Morgan fingerprint density at radius 2 is 1.88 bits per heavy atom. The van der Waals surface area contributed by atoms with Gasteiger partial charge in [0.15, 0.2) is 5.82 Å². The zero-order chi connectivity index (χ0) is 17.7. The SMILES string of the molecule is CC1CC(C(=O)N2Cc3c(N4CCCC4)ncnc3-n3nccc3C2)C1. The molecule has 7 heteroatoms. The number of aromatic nitrogens is 4. The van der Waals surface area contributed by atoms with Crippen LogP contribution >= 0.6 is 0 Å². The minimum Gasteiger partial charge on any atom is -0.356 e. The molecule has 0 radical (unpaired) electrons. The highest BCUT2D eigenvalue weighted by atomic mass is 16.2. The van der Waals surface area contributed by atoms with Gasteiger partial charge in [-0.15, -0.1) is 0 Å². The summed E-state index contributed by atoms with van der Waals surface area (Å²) < 4.78 is 1.88. The van der Waals surface area contributed by atoms with Gasteiger partial charge in [0.25, 0.3) is 0 Å². The lowest BCUT2D eigenvalue weighted by Crippen LogP contribution is -2.40. The molecule has 26 heavy (non-hydrogen) atoms. The third-order valence-corrected chi connectivity index (χ3v) is 5.96. The second-order valence-electron chi connectivity index (χ2n) is 7.90. The number of nitrogens with zero attached hydrogens (tertiary/aromatic N) is 6. The van der Waals surface area contributed by atoms with E-state index in [2.05, 4.69) is 26.9 Å². The van der Waals surface area contributed by atoms with Crippen LogP contribution in [0.2, 0.25) is 0 Å². The van der Waals surface area contributed by atoms with Crippen LogP contribution in [0, 0.1) is 11.8 Å². The average Bonchev–Trinajstić information content (AvgIpc) is 3.27. The molecule has 3 aliphatic rings. The van der Waals surface area contributed by atoms with E-state index >= 15 is 0 Å². The van der Waals surface area contributed by atoms with Gasteiger partial charge in [-0.1, -0.05) is 6.92 Å². The van der Waals surface area contributed by atoms with Crippen LogP contribution in [0.4, 0.5) is 5.82 Å². The Morgan fingerprint density at radius 3 is 2.65 bits per heavy atom. The van der Waals surface area contributed by atoms with Gasteiger partial charge in [0.2, 0.25) is 5.91 Å². The van der Waals surface area contributed by atoms with Gasteiger partial charge in [0, 0.05) is 25.2 Å². The number of anilines is 1. The van der Waals surface area contributed by atoms with E-state index in [-0.39, 0.29) is 11.8 Å². The summed E-state index contributed by atoms with van der Waals surface area (Å²) in [5, 5.41) is 4.48. The molecule has 2 aromatic rings. The van der Waals surface area contributed by atoms with Gasteiger partial charge < -0.3 is 9.80 Å². The molecule has 1 aliphatic carbocycles. The highest BCUT2D eigenvalue weighted by Crippen LogP contribution is 2.37. The molecule has 0 unspecified atom stereocenters. The van der Waals surface area contributed by atoms with Crippen molar-refractivity contribution in [1.82, 2.24) is 24.6 Å². The quantitative estimate of drug-likeness (QED) is 0.828. The topological polar surface area (TPSA) is 67.2 Å². The molecule has 1 amide bonds. The molecule has 136 valence electrons. The molecule has 7 nitrogen and oxygen atoms in total. The van der Waals surface area contributed by atoms with Crippen LogP contribution in [0.25, 0.3) is 5.82 Å². The highest BCUT2D eigenvalue weighted by Gasteiger charge is 2.37. The Hall–Kier alpha value is -2.44. The van der Waals surface area contributed by atoms with Gasteiger partial charge in [-0.2, -0.15) is 5.10 Å². The molecule has 1 saturated heterocycles. The molecule has 0 aromatic carbocycles. The summed E-state index contributed by atoms with van der Waals surface area (Å²) in [5.41, 5.74) is 2.04. The highest BCUT2D eigenvalue weighted by molar-refractivity contribution is 5.80. The lowest BCUT2D eigenvalue weighted by atomic mass is 9.75. The zero-order valence-corrected chi connectivity index (χ0v) is 15.1. The second kappa shape index (κ2) is 6.07. The van der Waals surface area contributed by atoms with E-state index < -0.39 is 0 Å². The minimum atomic E-state index is 0.169. The number of carbonyl (C=O) groups is 1. The van der Waals surface area contributed by atoms with Crippen molar-refractivity contribution in [1.29, 1.82) is 0 Å². The van der Waals surface area contributed by atoms with Crippen molar-refractivity contribution >= 4 is 11.7 Å². The first-order valence-corrected chi connectivity index (χ1v) is 9.61. The molecule has 2 aromatic heterocycles. The van der Waals surface area contributed by atoms with Gasteiger partial charge in [0.1, 0.15) is 12.1 Å². The van der Waals surface area contributed by atoms with Crippen molar-refractivity contribution in [2.45, 2.75) is 45.7 Å². The fourth-order valence-electron chi connectivity index (χ4n) is 4.52. The van der Waals surface area contributed by atoms with Crippen molar-refractivity contribution in [3.05, 3.63) is 29.8 Å². The molecule has 5 rings (SSSR count). The fraction of sp³-hybridized carbons (Fsp3) is 0.579. The van der Waals surface area contributed by atoms with E-state index in [0.29, 0.717) is 19.0 Å². The fourth-order valence-corrected chi connectivity index (χ4v) is 4.52. The number of amides is 1. The molecule has 0 bridgehead atoms. The maximum absolute atomic E-state index is 13.1. The van der Waals surface area contributed by atoms with E-state index in [1.807, 2.05) is 15.6 Å². The Kier molecular flexibility index (Phi) is 3.69. The normalized spacial score (nSPS) is 24.7. The average molecular weight is 352 g/mol. The largest absolute Gasteiger partial charge is 0.356 e. The molecule has 2 fully saturated rings. The van der Waals surface area contributed by atoms with Crippen molar-refractivity contribution in [3.8, 4) is 5.82 Å². The van der Waals surface area contributed by atoms with Gasteiger partial charge in [-0.05, 0) is 37.7 Å². The summed E-state index contributed by atoms with van der Waals surface area (Å²) >= 11 is 0. The zero-order valence-electron chi connectivity index (χ0n) is 15.1. The standard InChI is InChI=1S/C19H24N6O/c1-13-8-14(9-13)19(26)24-10-15-4-5-22-25(15)18-16(11-24)17(20-12-21-18)23-6-2-3-7-23/h4-5,12-14H,2-3,6-11H2,1H3. The maximum atomic E-state index is 13.1. The summed E-state index contributed by atoms with van der Waals surface area (Å²) in [4.78, 5) is 26.5. The van der Waals surface area contributed by atoms with Crippen molar-refractivity contribution < 1.29 is 4.79 Å². The maximum Gasteiger partial charge on any atom is 0.226 e. The van der Waals surface area contributed by atoms with Gasteiger partial charge in [0.05, 0.1) is 24.3 Å². The van der Waals surface area contributed by atoms with Crippen LogP contribution in [0.1, 0.15) is 43.9 Å². The van der Waals surface area contributed by atoms with Crippen LogP contribution in [-0.2, 0) is 17.9 Å². The van der Waals surface area contributed by atoms with E-state index in [1.165, 1.54) is 12.8 Å². The van der Waals surface area contributed by atoms with Crippen molar-refractivity contribution in [2.75, 3.05) is 18.0 Å². The van der Waals surface area contributed by atoms with Crippen LogP contribution in [0.3, 0.4) is 0 Å². The molecule has 0 spiro atoms. The van der Waals surface area contributed by atoms with Crippen LogP contribution in [0.15, 0.2) is 18.6 Å². The first kappa shape index (κ1) is 15.8. The molecule has 1 saturated carbocycles. The van der Waals surface area contributed by atoms with Gasteiger partial charge >= 0.3 is 0 Å². The van der Waals surface area contributed by atoms with E-state index in [9.17, 15) is 4.79 Å². The van der Waals surface area contributed by atoms with E-state index in [4.69, 9.17) is 0 Å². The molecule has 0 N–H and O–H groups in total. The van der Waals surface area contributed by atoms with Crippen LogP contribution in [-0.4, -0.2) is 43.6 Å². The summed E-state index contributed by atoms with van der Waals surface area (Å²) in [6, 6.07) is 1.98.